The third-order valence-electron chi connectivity index (χ3n) is 5.78. The summed E-state index contributed by atoms with van der Waals surface area (Å²) < 4.78 is 20.6. The molecule has 0 radical (unpaired) electrons. The van der Waals surface area contributed by atoms with Crippen LogP contribution in [-0.2, 0) is 0 Å². The Morgan fingerprint density at radius 2 is 2.03 bits per heavy atom. The van der Waals surface area contributed by atoms with Gasteiger partial charge in [0, 0.05) is 37.6 Å². The molecule has 1 amide bonds. The Labute approximate surface area is 205 Å². The number of nitrogens with one attached hydrogen (secondary N) is 2. The molecule has 1 aromatic heterocycles. The minimum absolute atomic E-state index is 0.113. The number of benzene rings is 2. The number of hydrogen-bond acceptors (Lipinski definition) is 7. The molecule has 2 aliphatic heterocycles. The van der Waals surface area contributed by atoms with Crippen LogP contribution < -0.4 is 25.2 Å². The lowest BCUT2D eigenvalue weighted by molar-refractivity contribution is 0.0932. The molecule has 3 aromatic rings. The Morgan fingerprint density at radius 1 is 1.24 bits per heavy atom. The SMILES string of the molecule is C[C@H]1CNCCN1c1ccc(Nc2ncc3c(n2)OCN(c2c(Cl)cccc2Cl)C3=O)cc1F. The molecule has 1 saturated heterocycles. The summed E-state index contributed by atoms with van der Waals surface area (Å²) in [6.45, 7) is 4.30. The van der Waals surface area contributed by atoms with Gasteiger partial charge in [-0.3, -0.25) is 9.69 Å². The molecule has 0 bridgehead atoms. The number of amides is 1. The first kappa shape index (κ1) is 22.6. The van der Waals surface area contributed by atoms with Gasteiger partial charge in [0.25, 0.3) is 5.91 Å². The maximum Gasteiger partial charge on any atom is 0.268 e. The summed E-state index contributed by atoms with van der Waals surface area (Å²) in [4.78, 5) is 24.9. The van der Waals surface area contributed by atoms with E-state index in [9.17, 15) is 9.18 Å². The van der Waals surface area contributed by atoms with E-state index in [4.69, 9.17) is 27.9 Å². The highest BCUT2D eigenvalue weighted by Crippen LogP contribution is 2.37. The molecule has 2 aliphatic rings. The molecule has 5 rings (SSSR count). The lowest BCUT2D eigenvalue weighted by Gasteiger charge is -2.36. The van der Waals surface area contributed by atoms with Crippen molar-refractivity contribution in [3.63, 3.8) is 0 Å². The van der Waals surface area contributed by atoms with E-state index >= 15 is 0 Å². The fraction of sp³-hybridized carbons (Fsp3) is 0.261. The molecule has 11 heteroatoms. The van der Waals surface area contributed by atoms with Crippen molar-refractivity contribution in [3.8, 4) is 5.88 Å². The van der Waals surface area contributed by atoms with E-state index in [1.54, 1.807) is 30.3 Å². The van der Waals surface area contributed by atoms with Crippen molar-refractivity contribution in [1.82, 2.24) is 15.3 Å². The van der Waals surface area contributed by atoms with Crippen molar-refractivity contribution in [3.05, 3.63) is 64.0 Å². The van der Waals surface area contributed by atoms with E-state index in [0.717, 1.165) is 19.6 Å². The summed E-state index contributed by atoms with van der Waals surface area (Å²) in [6.07, 6.45) is 1.36. The van der Waals surface area contributed by atoms with E-state index in [1.165, 1.54) is 17.2 Å². The van der Waals surface area contributed by atoms with Crippen LogP contribution in [0.2, 0.25) is 10.0 Å². The predicted molar refractivity (Wildman–Crippen MR) is 130 cm³/mol. The maximum atomic E-state index is 14.9. The number of rotatable bonds is 4. The van der Waals surface area contributed by atoms with Gasteiger partial charge in [0.05, 0.1) is 21.4 Å². The smallest absolute Gasteiger partial charge is 0.268 e. The average molecular weight is 503 g/mol. The van der Waals surface area contributed by atoms with Crippen molar-refractivity contribution in [2.24, 2.45) is 0 Å². The lowest BCUT2D eigenvalue weighted by Crippen LogP contribution is -2.50. The van der Waals surface area contributed by atoms with E-state index < -0.39 is 0 Å². The molecule has 1 fully saturated rings. The Kier molecular flexibility index (Phi) is 6.16. The predicted octanol–water partition coefficient (Wildman–Crippen LogP) is 4.46. The maximum absolute atomic E-state index is 14.9. The minimum atomic E-state index is -0.386. The van der Waals surface area contributed by atoms with Gasteiger partial charge in [-0.15, -0.1) is 0 Å². The van der Waals surface area contributed by atoms with Crippen molar-refractivity contribution < 1.29 is 13.9 Å². The number of hydrogen-bond donors (Lipinski definition) is 2. The number of para-hydroxylation sites is 1. The summed E-state index contributed by atoms with van der Waals surface area (Å²) in [5.41, 5.74) is 1.56. The van der Waals surface area contributed by atoms with E-state index in [0.29, 0.717) is 27.1 Å². The number of halogens is 3. The third-order valence-corrected chi connectivity index (χ3v) is 6.39. The molecule has 176 valence electrons. The molecule has 0 spiro atoms. The number of ether oxygens (including phenoxy) is 1. The van der Waals surface area contributed by atoms with Gasteiger partial charge in [-0.2, -0.15) is 4.98 Å². The summed E-state index contributed by atoms with van der Waals surface area (Å²) in [5.74, 6) is -0.425. The first-order chi connectivity index (χ1) is 16.4. The van der Waals surface area contributed by atoms with Crippen LogP contribution in [0.4, 0.5) is 27.4 Å². The van der Waals surface area contributed by atoms with Gasteiger partial charge in [-0.1, -0.05) is 29.3 Å². The van der Waals surface area contributed by atoms with Gasteiger partial charge < -0.3 is 20.3 Å². The zero-order valence-electron chi connectivity index (χ0n) is 18.2. The molecule has 0 saturated carbocycles. The average Bonchev–Trinajstić information content (AvgIpc) is 2.81. The van der Waals surface area contributed by atoms with Gasteiger partial charge in [-0.25, -0.2) is 9.37 Å². The van der Waals surface area contributed by atoms with Crippen molar-refractivity contribution in [2.75, 3.05) is 41.5 Å². The second-order valence-corrected chi connectivity index (χ2v) is 8.84. The first-order valence-corrected chi connectivity index (χ1v) is 11.5. The number of anilines is 4. The molecular formula is C23H21Cl2FN6O2. The number of piperazine rings is 1. The lowest BCUT2D eigenvalue weighted by atomic mass is 10.1. The topological polar surface area (TPSA) is 82.6 Å². The van der Waals surface area contributed by atoms with Crippen LogP contribution in [0, 0.1) is 5.82 Å². The fourth-order valence-electron chi connectivity index (χ4n) is 4.07. The van der Waals surface area contributed by atoms with Gasteiger partial charge in [0.15, 0.2) is 6.73 Å². The molecule has 2 aromatic carbocycles. The Balaban J connectivity index is 1.35. The van der Waals surface area contributed by atoms with Gasteiger partial charge in [0.1, 0.15) is 11.4 Å². The zero-order valence-corrected chi connectivity index (χ0v) is 19.7. The molecule has 1 atom stereocenters. The molecule has 8 nitrogen and oxygen atoms in total. The highest BCUT2D eigenvalue weighted by molar-refractivity contribution is 6.40. The van der Waals surface area contributed by atoms with Crippen LogP contribution in [0.25, 0.3) is 0 Å². The molecule has 0 aliphatic carbocycles. The first-order valence-electron chi connectivity index (χ1n) is 10.7. The van der Waals surface area contributed by atoms with Crippen molar-refractivity contribution in [1.29, 1.82) is 0 Å². The number of aromatic nitrogens is 2. The molecule has 0 unspecified atom stereocenters. The van der Waals surface area contributed by atoms with Crippen LogP contribution in [-0.4, -0.2) is 48.3 Å². The number of carbonyl (C=O) groups is 1. The minimum Gasteiger partial charge on any atom is -0.455 e. The second-order valence-electron chi connectivity index (χ2n) is 8.03. The van der Waals surface area contributed by atoms with E-state index in [1.807, 2.05) is 4.90 Å². The quantitative estimate of drug-likeness (QED) is 0.544. The highest BCUT2D eigenvalue weighted by atomic mass is 35.5. The molecule has 34 heavy (non-hydrogen) atoms. The van der Waals surface area contributed by atoms with Crippen LogP contribution in [0.15, 0.2) is 42.6 Å². The number of carbonyl (C=O) groups excluding carboxylic acids is 1. The summed E-state index contributed by atoms with van der Waals surface area (Å²) in [6, 6.07) is 10.1. The normalized spacial score (nSPS) is 17.9. The molecule has 3 heterocycles. The largest absolute Gasteiger partial charge is 0.455 e. The Hall–Kier alpha value is -3.14. The van der Waals surface area contributed by atoms with Crippen LogP contribution in [0.1, 0.15) is 17.3 Å². The van der Waals surface area contributed by atoms with E-state index in [-0.39, 0.29) is 41.9 Å². The molecule has 2 N–H and O–H groups in total. The van der Waals surface area contributed by atoms with Gasteiger partial charge in [-0.05, 0) is 37.3 Å². The van der Waals surface area contributed by atoms with Crippen LogP contribution in [0.3, 0.4) is 0 Å². The third kappa shape index (κ3) is 4.22. The van der Waals surface area contributed by atoms with Crippen LogP contribution >= 0.6 is 23.2 Å². The Bertz CT molecular complexity index is 1240. The highest BCUT2D eigenvalue weighted by Gasteiger charge is 2.31. The van der Waals surface area contributed by atoms with Crippen molar-refractivity contribution >= 4 is 52.1 Å². The molecular weight excluding hydrogens is 482 g/mol. The van der Waals surface area contributed by atoms with Crippen LogP contribution in [0.5, 0.6) is 5.88 Å². The Morgan fingerprint density at radius 3 is 2.76 bits per heavy atom. The van der Waals surface area contributed by atoms with E-state index in [2.05, 4.69) is 27.5 Å². The van der Waals surface area contributed by atoms with Gasteiger partial charge in [0.2, 0.25) is 11.8 Å². The standard InChI is InChI=1S/C23H21Cl2FN6O2/c1-13-10-27-7-8-31(13)19-6-5-14(9-18(19)26)29-23-28-11-15-21(30-23)34-12-32(22(15)33)20-16(24)3-2-4-17(20)25/h2-6,9,11,13,27H,7-8,10,12H2,1H3,(H,28,29,30)/t13-/m0/s1. The van der Waals surface area contributed by atoms with Gasteiger partial charge >= 0.3 is 0 Å². The summed E-state index contributed by atoms with van der Waals surface area (Å²) in [7, 11) is 0. The zero-order chi connectivity index (χ0) is 23.8. The second kappa shape index (κ2) is 9.25. The number of nitrogens with zero attached hydrogens (tertiary/aromatic N) is 4. The fourth-order valence-corrected chi connectivity index (χ4v) is 4.67. The summed E-state index contributed by atoms with van der Waals surface area (Å²) >= 11 is 12.5. The number of fused-ring (bicyclic) bond motifs is 1. The van der Waals surface area contributed by atoms with Crippen molar-refractivity contribution in [2.45, 2.75) is 13.0 Å². The monoisotopic (exact) mass is 502 g/mol. The summed E-state index contributed by atoms with van der Waals surface area (Å²) in [5, 5.41) is 6.92.